The van der Waals surface area contributed by atoms with Crippen LogP contribution in [-0.2, 0) is 14.6 Å². The second-order valence-electron chi connectivity index (χ2n) is 7.20. The highest BCUT2D eigenvalue weighted by molar-refractivity contribution is 7.91. The number of amides is 2. The van der Waals surface area contributed by atoms with Crippen molar-refractivity contribution < 1.29 is 18.0 Å². The summed E-state index contributed by atoms with van der Waals surface area (Å²) in [7, 11) is -3.27. The van der Waals surface area contributed by atoms with Crippen molar-refractivity contribution in [1.82, 2.24) is 14.8 Å². The molecule has 26 heavy (non-hydrogen) atoms. The Balaban J connectivity index is 1.67. The lowest BCUT2D eigenvalue weighted by atomic mass is 10.0. The van der Waals surface area contributed by atoms with Crippen molar-refractivity contribution in [3.05, 3.63) is 35.5 Å². The number of H-pyrrole nitrogens is 1. The highest BCUT2D eigenvalue weighted by atomic mass is 32.2. The number of aromatic nitrogens is 1. The van der Waals surface area contributed by atoms with Crippen LogP contribution in [0.25, 0.3) is 10.9 Å². The third-order valence-corrected chi connectivity index (χ3v) is 7.05. The van der Waals surface area contributed by atoms with Gasteiger partial charge in [0.1, 0.15) is 5.69 Å². The lowest BCUT2D eigenvalue weighted by Gasteiger charge is -2.43. The molecule has 7 nitrogen and oxygen atoms in total. The van der Waals surface area contributed by atoms with Gasteiger partial charge in [-0.05, 0) is 25.1 Å². The normalized spacial score (nSPS) is 24.7. The van der Waals surface area contributed by atoms with Gasteiger partial charge in [-0.1, -0.05) is 11.6 Å². The van der Waals surface area contributed by atoms with E-state index in [1.165, 1.54) is 6.92 Å². The third kappa shape index (κ3) is 2.78. The fraction of sp³-hybridized carbons (Fsp3) is 0.444. The smallest absolute Gasteiger partial charge is 0.270 e. The Bertz CT molecular complexity index is 1010. The van der Waals surface area contributed by atoms with E-state index in [1.807, 2.05) is 25.1 Å². The van der Waals surface area contributed by atoms with Crippen LogP contribution >= 0.6 is 0 Å². The molecule has 2 saturated heterocycles. The van der Waals surface area contributed by atoms with Crippen molar-refractivity contribution >= 4 is 32.6 Å². The maximum Gasteiger partial charge on any atom is 0.270 e. The Hall–Kier alpha value is -2.35. The minimum atomic E-state index is -3.27. The molecular formula is C18H21N3O4S. The van der Waals surface area contributed by atoms with Crippen molar-refractivity contribution in [3.8, 4) is 0 Å². The molecule has 2 aromatic rings. The first-order valence-electron chi connectivity index (χ1n) is 8.63. The summed E-state index contributed by atoms with van der Waals surface area (Å²) >= 11 is 0. The molecule has 0 saturated carbocycles. The fourth-order valence-electron chi connectivity index (χ4n) is 4.12. The minimum Gasteiger partial charge on any atom is -0.351 e. The molecule has 4 rings (SSSR count). The number of carbonyl (C=O) groups is 2. The van der Waals surface area contributed by atoms with Gasteiger partial charge < -0.3 is 14.8 Å². The van der Waals surface area contributed by atoms with Crippen LogP contribution in [0.3, 0.4) is 0 Å². The van der Waals surface area contributed by atoms with Crippen LogP contribution in [0.5, 0.6) is 0 Å². The molecule has 2 amide bonds. The average Bonchev–Trinajstić information content (AvgIpc) is 3.11. The number of benzene rings is 1. The van der Waals surface area contributed by atoms with Gasteiger partial charge in [-0.3, -0.25) is 9.59 Å². The quantitative estimate of drug-likeness (QED) is 0.803. The van der Waals surface area contributed by atoms with Gasteiger partial charge in [0.25, 0.3) is 5.91 Å². The van der Waals surface area contributed by atoms with E-state index in [2.05, 4.69) is 4.98 Å². The van der Waals surface area contributed by atoms with Gasteiger partial charge in [-0.25, -0.2) is 8.42 Å². The van der Waals surface area contributed by atoms with Crippen molar-refractivity contribution in [1.29, 1.82) is 0 Å². The predicted octanol–water partition coefficient (Wildman–Crippen LogP) is 0.946. The molecule has 0 radical (unpaired) electrons. The highest BCUT2D eigenvalue weighted by Crippen LogP contribution is 2.29. The molecule has 2 aliphatic heterocycles. The van der Waals surface area contributed by atoms with E-state index in [0.29, 0.717) is 18.8 Å². The van der Waals surface area contributed by atoms with Crippen LogP contribution in [-0.4, -0.2) is 71.7 Å². The van der Waals surface area contributed by atoms with Crippen LogP contribution in [0.2, 0.25) is 0 Å². The van der Waals surface area contributed by atoms with Crippen LogP contribution < -0.4 is 0 Å². The molecule has 3 heterocycles. The van der Waals surface area contributed by atoms with Gasteiger partial charge in [0.05, 0.1) is 23.6 Å². The molecule has 0 bridgehead atoms. The molecule has 2 atom stereocenters. The maximum atomic E-state index is 13.1. The summed E-state index contributed by atoms with van der Waals surface area (Å²) in [4.78, 5) is 31.3. The second kappa shape index (κ2) is 5.84. The molecule has 0 aliphatic carbocycles. The Labute approximate surface area is 151 Å². The van der Waals surface area contributed by atoms with E-state index in [1.54, 1.807) is 15.9 Å². The van der Waals surface area contributed by atoms with E-state index in [0.717, 1.165) is 16.5 Å². The first-order valence-corrected chi connectivity index (χ1v) is 10.5. The number of carbonyl (C=O) groups excluding carboxylic acids is 2. The SMILES string of the molecule is CC(=O)N1CCN(C(=O)c2cc3cc(C)ccc3[nH]2)[C@H]2CS(=O)(=O)C[C@H]21. The summed E-state index contributed by atoms with van der Waals surface area (Å²) in [5.74, 6) is -0.529. The first-order chi connectivity index (χ1) is 12.2. The van der Waals surface area contributed by atoms with E-state index in [4.69, 9.17) is 0 Å². The van der Waals surface area contributed by atoms with Gasteiger partial charge in [-0.2, -0.15) is 0 Å². The van der Waals surface area contributed by atoms with Crippen molar-refractivity contribution in [3.63, 3.8) is 0 Å². The van der Waals surface area contributed by atoms with Crippen molar-refractivity contribution in [2.75, 3.05) is 24.6 Å². The number of aromatic amines is 1. The number of hydrogen-bond acceptors (Lipinski definition) is 4. The lowest BCUT2D eigenvalue weighted by Crippen LogP contribution is -2.61. The fourth-order valence-corrected chi connectivity index (χ4v) is 6.10. The second-order valence-corrected chi connectivity index (χ2v) is 9.35. The number of hydrogen-bond donors (Lipinski definition) is 1. The highest BCUT2D eigenvalue weighted by Gasteiger charge is 2.49. The maximum absolute atomic E-state index is 13.1. The number of nitrogens with zero attached hydrogens (tertiary/aromatic N) is 2. The van der Waals surface area contributed by atoms with Crippen molar-refractivity contribution in [2.45, 2.75) is 25.9 Å². The first kappa shape index (κ1) is 17.1. The molecule has 2 fully saturated rings. The molecule has 1 aromatic heterocycles. The summed E-state index contributed by atoms with van der Waals surface area (Å²) in [6.07, 6.45) is 0. The third-order valence-electron chi connectivity index (χ3n) is 5.35. The number of nitrogens with one attached hydrogen (secondary N) is 1. The predicted molar refractivity (Wildman–Crippen MR) is 97.7 cm³/mol. The van der Waals surface area contributed by atoms with Crippen LogP contribution in [0.4, 0.5) is 0 Å². The minimum absolute atomic E-state index is 0.0765. The summed E-state index contributed by atoms with van der Waals surface area (Å²) in [5, 5.41) is 0.950. The monoisotopic (exact) mass is 375 g/mol. The zero-order valence-electron chi connectivity index (χ0n) is 14.7. The molecule has 0 spiro atoms. The molecule has 8 heteroatoms. The van der Waals surface area contributed by atoms with Gasteiger partial charge >= 0.3 is 0 Å². The Kier molecular flexibility index (Phi) is 3.83. The van der Waals surface area contributed by atoms with E-state index in [9.17, 15) is 18.0 Å². The molecule has 138 valence electrons. The van der Waals surface area contributed by atoms with Gasteiger partial charge in [0.2, 0.25) is 5.91 Å². The van der Waals surface area contributed by atoms with Crippen molar-refractivity contribution in [2.24, 2.45) is 0 Å². The summed E-state index contributed by atoms with van der Waals surface area (Å²) < 4.78 is 24.3. The number of sulfone groups is 1. The zero-order chi connectivity index (χ0) is 18.6. The van der Waals surface area contributed by atoms with Gasteiger partial charge in [0.15, 0.2) is 9.84 Å². The van der Waals surface area contributed by atoms with Gasteiger partial charge in [0, 0.05) is 30.9 Å². The van der Waals surface area contributed by atoms with Crippen LogP contribution in [0.1, 0.15) is 23.0 Å². The Morgan fingerprint density at radius 1 is 1.08 bits per heavy atom. The molecule has 1 aromatic carbocycles. The molecule has 1 N–H and O–H groups in total. The largest absolute Gasteiger partial charge is 0.351 e. The lowest BCUT2D eigenvalue weighted by molar-refractivity contribution is -0.133. The zero-order valence-corrected chi connectivity index (χ0v) is 15.5. The summed E-state index contributed by atoms with van der Waals surface area (Å²) in [5.41, 5.74) is 2.43. The van der Waals surface area contributed by atoms with Gasteiger partial charge in [-0.15, -0.1) is 0 Å². The van der Waals surface area contributed by atoms with E-state index < -0.39 is 21.9 Å². The Morgan fingerprint density at radius 2 is 1.73 bits per heavy atom. The Morgan fingerprint density at radius 3 is 2.42 bits per heavy atom. The average molecular weight is 375 g/mol. The number of piperazine rings is 1. The molecule has 0 unspecified atom stereocenters. The number of rotatable bonds is 1. The van der Waals surface area contributed by atoms with E-state index in [-0.39, 0.29) is 23.3 Å². The summed E-state index contributed by atoms with van der Waals surface area (Å²) in [6, 6.07) is 6.76. The number of aryl methyl sites for hydroxylation is 1. The van der Waals surface area contributed by atoms with Crippen LogP contribution in [0, 0.1) is 6.92 Å². The molecular weight excluding hydrogens is 354 g/mol. The van der Waals surface area contributed by atoms with E-state index >= 15 is 0 Å². The molecule has 2 aliphatic rings. The summed E-state index contributed by atoms with van der Waals surface area (Å²) in [6.45, 7) is 4.13. The standard InChI is InChI=1S/C18H21N3O4S/c1-11-3-4-14-13(7-11)8-15(19-14)18(23)21-6-5-20(12(2)22)16-9-26(24,25)10-17(16)21/h3-4,7-8,16-17,19H,5-6,9-10H2,1-2H3/t16-,17+/m1/s1. The topological polar surface area (TPSA) is 90.6 Å². The van der Waals surface area contributed by atoms with Crippen LogP contribution in [0.15, 0.2) is 24.3 Å². The number of fused-ring (bicyclic) bond motifs is 2.